The zero-order chi connectivity index (χ0) is 13.3. The molecule has 2 N–H and O–H groups in total. The maximum Gasteiger partial charge on any atom is 0.159 e. The molecule has 0 bridgehead atoms. The molecule has 0 fully saturated rings. The molecule has 0 aliphatic carbocycles. The molecule has 0 aliphatic heterocycles. The summed E-state index contributed by atoms with van der Waals surface area (Å²) in [4.78, 5) is 1.55. The fourth-order valence-corrected chi connectivity index (χ4v) is 2.96. The second-order valence-electron chi connectivity index (χ2n) is 3.82. The maximum atomic E-state index is 13.1. The zero-order valence-corrected chi connectivity index (χ0v) is 11.9. The lowest BCUT2D eigenvalue weighted by molar-refractivity contribution is 0.506. The van der Waals surface area contributed by atoms with Gasteiger partial charge in [-0.3, -0.25) is 0 Å². The molecule has 18 heavy (non-hydrogen) atoms. The quantitative estimate of drug-likeness (QED) is 0.803. The van der Waals surface area contributed by atoms with Gasteiger partial charge in [-0.2, -0.15) is 0 Å². The van der Waals surface area contributed by atoms with Crippen molar-refractivity contribution in [2.75, 3.05) is 5.73 Å². The van der Waals surface area contributed by atoms with Crippen LogP contribution in [0.4, 0.5) is 14.5 Å². The van der Waals surface area contributed by atoms with Gasteiger partial charge in [0.1, 0.15) is 0 Å². The summed E-state index contributed by atoms with van der Waals surface area (Å²) in [5.74, 6) is -1.69. The van der Waals surface area contributed by atoms with Crippen LogP contribution in [0.25, 0.3) is 0 Å². The Hall–Kier alpha value is -1.07. The molecular formula is C13H10BrF2NS. The molecule has 0 atom stereocenters. The summed E-state index contributed by atoms with van der Waals surface area (Å²) < 4.78 is 26.8. The van der Waals surface area contributed by atoms with E-state index >= 15 is 0 Å². The van der Waals surface area contributed by atoms with E-state index in [0.717, 1.165) is 21.0 Å². The molecule has 0 radical (unpaired) electrons. The summed E-state index contributed by atoms with van der Waals surface area (Å²) in [5.41, 5.74) is 7.42. The van der Waals surface area contributed by atoms with E-state index in [1.165, 1.54) is 17.8 Å². The number of rotatable bonds is 2. The van der Waals surface area contributed by atoms with Gasteiger partial charge in [0.25, 0.3) is 0 Å². The third-order valence-electron chi connectivity index (χ3n) is 2.44. The van der Waals surface area contributed by atoms with Crippen molar-refractivity contribution >= 4 is 33.4 Å². The third kappa shape index (κ3) is 2.84. The molecule has 0 aromatic heterocycles. The molecule has 0 saturated heterocycles. The lowest BCUT2D eigenvalue weighted by Crippen LogP contribution is -1.90. The molecule has 94 valence electrons. The van der Waals surface area contributed by atoms with Gasteiger partial charge in [0.05, 0.1) is 0 Å². The summed E-state index contributed by atoms with van der Waals surface area (Å²) in [6.07, 6.45) is 0. The van der Waals surface area contributed by atoms with E-state index in [-0.39, 0.29) is 0 Å². The van der Waals surface area contributed by atoms with Crippen molar-refractivity contribution in [3.05, 3.63) is 52.0 Å². The van der Waals surface area contributed by atoms with Gasteiger partial charge in [0, 0.05) is 20.0 Å². The van der Waals surface area contributed by atoms with Crippen molar-refractivity contribution in [3.63, 3.8) is 0 Å². The first kappa shape index (κ1) is 13.4. The van der Waals surface area contributed by atoms with E-state index in [1.807, 2.05) is 13.0 Å². The Morgan fingerprint density at radius 3 is 2.50 bits per heavy atom. The van der Waals surface area contributed by atoms with Gasteiger partial charge < -0.3 is 5.73 Å². The molecule has 1 nitrogen and oxygen atoms in total. The minimum Gasteiger partial charge on any atom is -0.398 e. The summed E-state index contributed by atoms with van der Waals surface area (Å²) in [7, 11) is 0. The summed E-state index contributed by atoms with van der Waals surface area (Å²) >= 11 is 4.75. The molecule has 0 saturated carbocycles. The number of halogens is 3. The van der Waals surface area contributed by atoms with Gasteiger partial charge in [-0.05, 0) is 58.7 Å². The molecule has 2 aromatic carbocycles. The van der Waals surface area contributed by atoms with Crippen molar-refractivity contribution in [3.8, 4) is 0 Å². The minimum absolute atomic E-state index is 0.638. The number of aryl methyl sites for hydroxylation is 1. The average molecular weight is 330 g/mol. The fraction of sp³-hybridized carbons (Fsp3) is 0.0769. The molecule has 0 spiro atoms. The van der Waals surface area contributed by atoms with Crippen molar-refractivity contribution in [2.24, 2.45) is 0 Å². The van der Waals surface area contributed by atoms with Crippen LogP contribution in [0, 0.1) is 18.6 Å². The fourth-order valence-electron chi connectivity index (χ4n) is 1.42. The van der Waals surface area contributed by atoms with E-state index in [2.05, 4.69) is 15.9 Å². The monoisotopic (exact) mass is 329 g/mol. The zero-order valence-electron chi connectivity index (χ0n) is 9.51. The van der Waals surface area contributed by atoms with Crippen LogP contribution in [-0.2, 0) is 0 Å². The highest BCUT2D eigenvalue weighted by Gasteiger charge is 2.08. The third-order valence-corrected chi connectivity index (χ3v) is 4.41. The molecule has 2 rings (SSSR count). The van der Waals surface area contributed by atoms with Crippen molar-refractivity contribution in [2.45, 2.75) is 16.7 Å². The van der Waals surface area contributed by atoms with Crippen LogP contribution in [0.3, 0.4) is 0 Å². The van der Waals surface area contributed by atoms with Gasteiger partial charge in [0.15, 0.2) is 11.6 Å². The van der Waals surface area contributed by atoms with E-state index < -0.39 is 11.6 Å². The number of nitrogens with two attached hydrogens (primary N) is 1. The van der Waals surface area contributed by atoms with Crippen molar-refractivity contribution in [1.29, 1.82) is 0 Å². The van der Waals surface area contributed by atoms with E-state index in [4.69, 9.17) is 5.73 Å². The molecule has 2 aromatic rings. The largest absolute Gasteiger partial charge is 0.398 e. The van der Waals surface area contributed by atoms with Crippen LogP contribution in [0.1, 0.15) is 5.56 Å². The van der Waals surface area contributed by atoms with Gasteiger partial charge in [-0.1, -0.05) is 11.8 Å². The first-order valence-corrected chi connectivity index (χ1v) is 6.77. The minimum atomic E-state index is -0.844. The number of hydrogen-bond donors (Lipinski definition) is 1. The molecule has 0 aliphatic rings. The number of benzene rings is 2. The number of anilines is 1. The second-order valence-corrected chi connectivity index (χ2v) is 5.79. The lowest BCUT2D eigenvalue weighted by Gasteiger charge is -2.08. The Bertz CT molecular complexity index is 602. The maximum absolute atomic E-state index is 13.1. The van der Waals surface area contributed by atoms with Crippen molar-refractivity contribution in [1.82, 2.24) is 0 Å². The van der Waals surface area contributed by atoms with Gasteiger partial charge in [-0.15, -0.1) is 0 Å². The Morgan fingerprint density at radius 1 is 1.11 bits per heavy atom. The number of hydrogen-bond acceptors (Lipinski definition) is 2. The van der Waals surface area contributed by atoms with E-state index in [1.54, 1.807) is 12.1 Å². The predicted octanol–water partition coefficient (Wildman–Crippen LogP) is 4.77. The van der Waals surface area contributed by atoms with E-state index in [0.29, 0.717) is 10.6 Å². The van der Waals surface area contributed by atoms with Crippen LogP contribution < -0.4 is 5.73 Å². The molecule has 0 unspecified atom stereocenters. The standard InChI is InChI=1S/C13H10BrF2NS/c1-7-4-13(9(14)6-12(7)17)18-8-2-3-10(15)11(16)5-8/h2-6H,17H2,1H3. The summed E-state index contributed by atoms with van der Waals surface area (Å²) in [5, 5.41) is 0. The van der Waals surface area contributed by atoms with Crippen LogP contribution in [0.15, 0.2) is 44.6 Å². The summed E-state index contributed by atoms with van der Waals surface area (Å²) in [6, 6.07) is 7.55. The Labute approximate surface area is 117 Å². The molecule has 5 heteroatoms. The van der Waals surface area contributed by atoms with E-state index in [9.17, 15) is 8.78 Å². The van der Waals surface area contributed by atoms with Gasteiger partial charge in [-0.25, -0.2) is 8.78 Å². The smallest absolute Gasteiger partial charge is 0.159 e. The first-order valence-electron chi connectivity index (χ1n) is 5.16. The molecular weight excluding hydrogens is 320 g/mol. The van der Waals surface area contributed by atoms with Gasteiger partial charge in [0.2, 0.25) is 0 Å². The van der Waals surface area contributed by atoms with Gasteiger partial charge >= 0.3 is 0 Å². The highest BCUT2D eigenvalue weighted by Crippen LogP contribution is 2.36. The van der Waals surface area contributed by atoms with Crippen molar-refractivity contribution < 1.29 is 8.78 Å². The van der Waals surface area contributed by atoms with Crippen LogP contribution in [0.5, 0.6) is 0 Å². The highest BCUT2D eigenvalue weighted by atomic mass is 79.9. The topological polar surface area (TPSA) is 26.0 Å². The SMILES string of the molecule is Cc1cc(Sc2ccc(F)c(F)c2)c(Br)cc1N. The Balaban J connectivity index is 2.34. The van der Waals surface area contributed by atoms with Crippen LogP contribution in [-0.4, -0.2) is 0 Å². The normalized spacial score (nSPS) is 10.7. The second kappa shape index (κ2) is 5.28. The Morgan fingerprint density at radius 2 is 1.83 bits per heavy atom. The summed E-state index contributed by atoms with van der Waals surface area (Å²) in [6.45, 7) is 1.90. The lowest BCUT2D eigenvalue weighted by atomic mass is 10.2. The molecule has 0 amide bonds. The predicted molar refractivity (Wildman–Crippen MR) is 73.8 cm³/mol. The first-order chi connectivity index (χ1) is 8.47. The molecule has 0 heterocycles. The van der Waals surface area contributed by atoms with Crippen LogP contribution in [0.2, 0.25) is 0 Å². The Kier molecular flexibility index (Phi) is 3.92. The van der Waals surface area contributed by atoms with Crippen LogP contribution >= 0.6 is 27.7 Å². The number of nitrogen functional groups attached to an aromatic ring is 1. The average Bonchev–Trinajstić information content (AvgIpc) is 2.31. The highest BCUT2D eigenvalue weighted by molar-refractivity contribution is 9.10.